The number of alkyl halides is 2. The van der Waals surface area contributed by atoms with Crippen LogP contribution >= 0.6 is 0 Å². The lowest BCUT2D eigenvalue weighted by molar-refractivity contribution is -0.116. The first-order valence-electron chi connectivity index (χ1n) is 10.9. The number of amides is 1. The van der Waals surface area contributed by atoms with Crippen LogP contribution in [0.2, 0.25) is 0 Å². The minimum Gasteiger partial charge on any atom is -0.493 e. The van der Waals surface area contributed by atoms with E-state index in [4.69, 9.17) is 9.47 Å². The highest BCUT2D eigenvalue weighted by Crippen LogP contribution is 2.28. The highest BCUT2D eigenvalue weighted by atomic mass is 19.3. The zero-order chi connectivity index (χ0) is 22.9. The first-order chi connectivity index (χ1) is 15.5. The highest BCUT2D eigenvalue weighted by molar-refractivity contribution is 6.19. The van der Waals surface area contributed by atoms with Gasteiger partial charge in [0.05, 0.1) is 19.3 Å². The summed E-state index contributed by atoms with van der Waals surface area (Å²) >= 11 is 0. The number of carbonyl (C=O) groups is 1. The quantitative estimate of drug-likeness (QED) is 0.417. The second-order valence-corrected chi connectivity index (χ2v) is 7.54. The predicted molar refractivity (Wildman–Crippen MR) is 119 cm³/mol. The van der Waals surface area contributed by atoms with Crippen LogP contribution in [0.5, 0.6) is 11.5 Å². The molecule has 172 valence electrons. The summed E-state index contributed by atoms with van der Waals surface area (Å²) in [5, 5.41) is 2.81. The van der Waals surface area contributed by atoms with Gasteiger partial charge in [-0.3, -0.25) is 4.79 Å². The Morgan fingerprint density at radius 3 is 2.59 bits per heavy atom. The molecule has 32 heavy (non-hydrogen) atoms. The number of fused-ring (bicyclic) bond motifs is 1. The molecule has 0 bridgehead atoms. The second kappa shape index (κ2) is 11.5. The maximum Gasteiger partial charge on any atom is 0.386 e. The Hall–Kier alpha value is -3.09. The van der Waals surface area contributed by atoms with Crippen molar-refractivity contribution in [3.8, 4) is 11.5 Å². The molecular formula is C25H29F2NO4. The zero-order valence-electron chi connectivity index (χ0n) is 18.5. The number of carbonyl (C=O) groups excluding carboxylic acids is 1. The number of aryl methyl sites for hydroxylation is 2. The van der Waals surface area contributed by atoms with E-state index in [1.165, 1.54) is 5.56 Å². The maximum atomic E-state index is 12.8. The van der Waals surface area contributed by atoms with Gasteiger partial charge in [0, 0.05) is 6.54 Å². The second-order valence-electron chi connectivity index (χ2n) is 7.54. The molecule has 1 amide bonds. The third-order valence-electron chi connectivity index (χ3n) is 5.42. The zero-order valence-corrected chi connectivity index (χ0v) is 18.5. The van der Waals surface area contributed by atoms with Crippen molar-refractivity contribution in [2.45, 2.75) is 45.6 Å². The molecule has 0 saturated carbocycles. The molecule has 0 heterocycles. The van der Waals surface area contributed by atoms with Crippen LogP contribution in [0, 0.1) is 0 Å². The van der Waals surface area contributed by atoms with Crippen molar-refractivity contribution in [3.63, 3.8) is 0 Å². The molecule has 2 aromatic carbocycles. The van der Waals surface area contributed by atoms with E-state index in [9.17, 15) is 13.6 Å². The fraction of sp³-hybridized carbons (Fsp3) is 0.400. The standard InChI is InChI=1S/C25H29F2NO4/c1-3-31-23-14-17(8-11-22(23)30-2)12-13-28-24(29)21(16-32-25(26)27)20-10-9-18-6-4-5-7-19(18)15-20/h8-11,14-16,25H,3-7,12-13H2,1-2H3,(H,28,29)/b21-16+. The van der Waals surface area contributed by atoms with Gasteiger partial charge in [-0.2, -0.15) is 8.78 Å². The lowest BCUT2D eigenvalue weighted by Crippen LogP contribution is -2.27. The van der Waals surface area contributed by atoms with Crippen LogP contribution in [0.15, 0.2) is 42.7 Å². The van der Waals surface area contributed by atoms with Gasteiger partial charge in [0.1, 0.15) is 6.26 Å². The number of hydrogen-bond donors (Lipinski definition) is 1. The molecule has 1 aliphatic carbocycles. The van der Waals surface area contributed by atoms with Gasteiger partial charge in [-0.05, 0) is 73.4 Å². The van der Waals surface area contributed by atoms with Gasteiger partial charge in [0.2, 0.25) is 0 Å². The van der Waals surface area contributed by atoms with Gasteiger partial charge >= 0.3 is 6.61 Å². The Morgan fingerprint density at radius 1 is 1.09 bits per heavy atom. The van der Waals surface area contributed by atoms with Crippen LogP contribution in [0.3, 0.4) is 0 Å². The third-order valence-corrected chi connectivity index (χ3v) is 5.42. The molecule has 0 fully saturated rings. The Kier molecular flexibility index (Phi) is 8.48. The smallest absolute Gasteiger partial charge is 0.386 e. The molecule has 2 aromatic rings. The molecule has 3 rings (SSSR count). The molecule has 0 spiro atoms. The van der Waals surface area contributed by atoms with Crippen LogP contribution in [-0.4, -0.2) is 32.8 Å². The molecule has 0 aromatic heterocycles. The number of ether oxygens (including phenoxy) is 3. The Morgan fingerprint density at radius 2 is 1.88 bits per heavy atom. The third kappa shape index (κ3) is 6.22. The molecule has 0 saturated heterocycles. The van der Waals surface area contributed by atoms with E-state index in [2.05, 4.69) is 10.1 Å². The van der Waals surface area contributed by atoms with E-state index < -0.39 is 12.5 Å². The van der Waals surface area contributed by atoms with Crippen molar-refractivity contribution in [1.29, 1.82) is 0 Å². The van der Waals surface area contributed by atoms with Gasteiger partial charge in [-0.25, -0.2) is 0 Å². The van der Waals surface area contributed by atoms with Crippen molar-refractivity contribution in [2.75, 3.05) is 20.3 Å². The van der Waals surface area contributed by atoms with Crippen LogP contribution in [0.4, 0.5) is 8.78 Å². The molecule has 0 radical (unpaired) electrons. The number of methoxy groups -OCH3 is 1. The Labute approximate surface area is 187 Å². The first kappa shape index (κ1) is 23.6. The minimum absolute atomic E-state index is 0.0865. The number of benzene rings is 2. The summed E-state index contributed by atoms with van der Waals surface area (Å²) in [5.74, 6) is 0.820. The number of nitrogens with one attached hydrogen (secondary N) is 1. The summed E-state index contributed by atoms with van der Waals surface area (Å²) < 4.78 is 40.6. The molecular weight excluding hydrogens is 416 g/mol. The monoisotopic (exact) mass is 445 g/mol. The molecule has 1 aliphatic rings. The summed E-state index contributed by atoms with van der Waals surface area (Å²) in [6, 6.07) is 11.3. The number of hydrogen-bond acceptors (Lipinski definition) is 4. The SMILES string of the molecule is CCOc1cc(CCNC(=O)/C(=C/OC(F)F)c2ccc3c(c2)CCCC3)ccc1OC. The molecule has 1 N–H and O–H groups in total. The minimum atomic E-state index is -2.99. The number of rotatable bonds is 10. The van der Waals surface area contributed by atoms with Crippen molar-refractivity contribution in [3.05, 3.63) is 64.9 Å². The van der Waals surface area contributed by atoms with Crippen molar-refractivity contribution in [2.24, 2.45) is 0 Å². The summed E-state index contributed by atoms with van der Waals surface area (Å²) in [6.07, 6.45) is 5.54. The van der Waals surface area contributed by atoms with Crippen LogP contribution in [-0.2, 0) is 28.8 Å². The predicted octanol–water partition coefficient (Wildman–Crippen LogP) is 4.91. The molecule has 0 unspecified atom stereocenters. The molecule has 0 aliphatic heterocycles. The van der Waals surface area contributed by atoms with Crippen LogP contribution < -0.4 is 14.8 Å². The average Bonchev–Trinajstić information content (AvgIpc) is 2.79. The molecule has 5 nitrogen and oxygen atoms in total. The largest absolute Gasteiger partial charge is 0.493 e. The van der Waals surface area contributed by atoms with Crippen molar-refractivity contribution < 1.29 is 27.8 Å². The van der Waals surface area contributed by atoms with Crippen molar-refractivity contribution >= 4 is 11.5 Å². The molecule has 7 heteroatoms. The lowest BCUT2D eigenvalue weighted by Gasteiger charge is -2.17. The van der Waals surface area contributed by atoms with E-state index in [0.717, 1.165) is 43.1 Å². The first-order valence-corrected chi connectivity index (χ1v) is 10.9. The maximum absolute atomic E-state index is 12.8. The van der Waals surface area contributed by atoms with Gasteiger partial charge < -0.3 is 19.5 Å². The normalized spacial score (nSPS) is 13.5. The highest BCUT2D eigenvalue weighted by Gasteiger charge is 2.17. The van der Waals surface area contributed by atoms with Crippen molar-refractivity contribution in [1.82, 2.24) is 5.32 Å². The summed E-state index contributed by atoms with van der Waals surface area (Å²) in [5.41, 5.74) is 4.03. The van der Waals surface area contributed by atoms with Crippen LogP contribution in [0.1, 0.15) is 42.0 Å². The Bertz CT molecular complexity index is 959. The fourth-order valence-electron chi connectivity index (χ4n) is 3.83. The van der Waals surface area contributed by atoms with Gasteiger partial charge in [-0.1, -0.05) is 24.3 Å². The van der Waals surface area contributed by atoms with E-state index in [1.54, 1.807) is 13.2 Å². The van der Waals surface area contributed by atoms with Crippen LogP contribution in [0.25, 0.3) is 5.57 Å². The van der Waals surface area contributed by atoms with E-state index in [-0.39, 0.29) is 5.57 Å². The van der Waals surface area contributed by atoms with E-state index >= 15 is 0 Å². The van der Waals surface area contributed by atoms with E-state index in [0.29, 0.717) is 36.6 Å². The summed E-state index contributed by atoms with van der Waals surface area (Å²) in [7, 11) is 1.58. The average molecular weight is 446 g/mol. The van der Waals surface area contributed by atoms with Gasteiger partial charge in [0.15, 0.2) is 11.5 Å². The summed E-state index contributed by atoms with van der Waals surface area (Å²) in [6.45, 7) is -0.266. The Balaban J connectivity index is 1.70. The number of halogens is 2. The van der Waals surface area contributed by atoms with Gasteiger partial charge in [0.25, 0.3) is 5.91 Å². The summed E-state index contributed by atoms with van der Waals surface area (Å²) in [4.78, 5) is 12.8. The molecule has 0 atom stereocenters. The lowest BCUT2D eigenvalue weighted by atomic mass is 9.89. The fourth-order valence-corrected chi connectivity index (χ4v) is 3.83. The van der Waals surface area contributed by atoms with E-state index in [1.807, 2.05) is 37.3 Å². The topological polar surface area (TPSA) is 56.8 Å². The van der Waals surface area contributed by atoms with Gasteiger partial charge in [-0.15, -0.1) is 0 Å².